The molecule has 1 aromatic carbocycles. The van der Waals surface area contributed by atoms with Crippen molar-refractivity contribution in [2.45, 2.75) is 6.54 Å². The first kappa shape index (κ1) is 14.9. The molecule has 0 amide bonds. The van der Waals surface area contributed by atoms with Crippen LogP contribution in [-0.4, -0.2) is 9.49 Å². The maximum absolute atomic E-state index is 10.5. The topological polar surface area (TPSA) is 111 Å². The van der Waals surface area contributed by atoms with Gasteiger partial charge in [0.2, 0.25) is 6.33 Å². The Morgan fingerprint density at radius 3 is 2.45 bits per heavy atom. The molecule has 0 fully saturated rings. The van der Waals surface area contributed by atoms with E-state index in [1.54, 1.807) is 18.3 Å². The Balaban J connectivity index is 0.000000612. The van der Waals surface area contributed by atoms with Crippen LogP contribution in [0.5, 0.6) is 0 Å². The lowest BCUT2D eigenvalue weighted by Gasteiger charge is -1.97. The molecule has 0 radical (unpaired) electrons. The summed E-state index contributed by atoms with van der Waals surface area (Å²) in [5.74, 6) is 0. The van der Waals surface area contributed by atoms with Crippen LogP contribution in [0.3, 0.4) is 0 Å². The van der Waals surface area contributed by atoms with Crippen LogP contribution < -0.4 is 4.57 Å². The summed E-state index contributed by atoms with van der Waals surface area (Å²) in [6, 6.07) is 6.55. The lowest BCUT2D eigenvalue weighted by atomic mass is 10.2. The summed E-state index contributed by atoms with van der Waals surface area (Å²) in [6.07, 6.45) is 7.40. The van der Waals surface area contributed by atoms with Crippen molar-refractivity contribution in [3.8, 4) is 0 Å². The maximum atomic E-state index is 10.5. The van der Waals surface area contributed by atoms with E-state index in [2.05, 4.69) is 6.58 Å². The molecule has 1 heterocycles. The number of rotatable bonds is 4. The van der Waals surface area contributed by atoms with Crippen LogP contribution in [0.25, 0.3) is 22.2 Å². The molecule has 1 aromatic heterocycles. The molecule has 8 heteroatoms. The third-order valence-electron chi connectivity index (χ3n) is 2.44. The van der Waals surface area contributed by atoms with E-state index in [9.17, 15) is 10.1 Å². The number of nitro groups is 1. The first-order valence-electron chi connectivity index (χ1n) is 5.51. The Hall–Kier alpha value is -3.12. The van der Waals surface area contributed by atoms with Gasteiger partial charge in [-0.1, -0.05) is 6.58 Å². The lowest BCUT2D eigenvalue weighted by molar-refractivity contribution is -0.687. The van der Waals surface area contributed by atoms with Crippen LogP contribution in [0.4, 0.5) is 5.69 Å². The van der Waals surface area contributed by atoms with Gasteiger partial charge in [0, 0.05) is 12.1 Å². The Labute approximate surface area is 114 Å². The summed E-state index contributed by atoms with van der Waals surface area (Å²) in [5, 5.41) is 10.5. The summed E-state index contributed by atoms with van der Waals surface area (Å²) >= 11 is 0. The molecule has 102 valence electrons. The monoisotopic (exact) mass is 272 g/mol. The van der Waals surface area contributed by atoms with E-state index in [0.717, 1.165) is 5.56 Å². The Morgan fingerprint density at radius 2 is 2.00 bits per heavy atom. The zero-order valence-corrected chi connectivity index (χ0v) is 10.5. The van der Waals surface area contributed by atoms with Gasteiger partial charge in [-0.2, -0.15) is 0 Å². The van der Waals surface area contributed by atoms with Crippen LogP contribution >= 0.6 is 0 Å². The van der Waals surface area contributed by atoms with Gasteiger partial charge in [0.1, 0.15) is 18.9 Å². The van der Waals surface area contributed by atoms with E-state index in [1.165, 1.54) is 17.0 Å². The highest BCUT2D eigenvalue weighted by molar-refractivity contribution is 5.32. The molecule has 0 aliphatic rings. The van der Waals surface area contributed by atoms with Crippen molar-refractivity contribution in [2.75, 3.05) is 0 Å². The van der Waals surface area contributed by atoms with Gasteiger partial charge < -0.3 is 11.1 Å². The van der Waals surface area contributed by atoms with Crippen molar-refractivity contribution >= 4 is 11.9 Å². The highest BCUT2D eigenvalue weighted by atomic mass is 16.6. The van der Waals surface area contributed by atoms with Crippen LogP contribution in [-0.2, 0) is 6.54 Å². The predicted octanol–water partition coefficient (Wildman–Crippen LogP) is 2.70. The molecule has 0 aliphatic heterocycles. The fraction of sp³-hybridized carbons (Fsp3) is 0.0833. The number of nitrogens with zero attached hydrogens (tertiary/aromatic N) is 6. The number of non-ortho nitro benzene ring substituents is 1. The minimum Gasteiger partial charge on any atom is -0.373 e. The second kappa shape index (κ2) is 7.34. The van der Waals surface area contributed by atoms with Crippen molar-refractivity contribution in [3.63, 3.8) is 0 Å². The summed E-state index contributed by atoms with van der Waals surface area (Å²) in [4.78, 5) is 11.6. The predicted molar refractivity (Wildman–Crippen MR) is 73.3 cm³/mol. The van der Waals surface area contributed by atoms with E-state index in [-0.39, 0.29) is 5.69 Å². The zero-order valence-electron chi connectivity index (χ0n) is 10.5. The lowest BCUT2D eigenvalue weighted by Crippen LogP contribution is -2.31. The van der Waals surface area contributed by atoms with Crippen LogP contribution in [0.1, 0.15) is 5.56 Å². The molecular formula is C12H12N6O2. The van der Waals surface area contributed by atoms with Crippen molar-refractivity contribution in [1.29, 1.82) is 0 Å². The van der Waals surface area contributed by atoms with Crippen LogP contribution in [0, 0.1) is 10.1 Å². The molecule has 0 saturated heterocycles. The van der Waals surface area contributed by atoms with Gasteiger partial charge in [0.25, 0.3) is 5.69 Å². The average Bonchev–Trinajstić information content (AvgIpc) is 2.88. The number of aromatic nitrogens is 2. The average molecular weight is 272 g/mol. The van der Waals surface area contributed by atoms with Crippen LogP contribution in [0.2, 0.25) is 0 Å². The molecule has 0 bridgehead atoms. The Bertz CT molecular complexity index is 626. The fourth-order valence-electron chi connectivity index (χ4n) is 1.55. The third-order valence-corrected chi connectivity index (χ3v) is 2.44. The number of benzene rings is 1. The van der Waals surface area contributed by atoms with Crippen molar-refractivity contribution < 1.29 is 9.49 Å². The van der Waals surface area contributed by atoms with E-state index in [0.29, 0.717) is 6.54 Å². The molecule has 0 spiro atoms. The fourth-order valence-corrected chi connectivity index (χ4v) is 1.55. The van der Waals surface area contributed by atoms with Gasteiger partial charge in [-0.3, -0.25) is 15.0 Å². The van der Waals surface area contributed by atoms with Crippen molar-refractivity contribution in [2.24, 2.45) is 0 Å². The van der Waals surface area contributed by atoms with Gasteiger partial charge in [-0.25, -0.2) is 9.13 Å². The minimum atomic E-state index is -0.398. The number of hydrogen-bond donors (Lipinski definition) is 0. The standard InChI is InChI=1S/C12H12N3O2.N3/c1-2-13-7-8-14(10-13)9-11-3-5-12(6-4-11)15(16)17;1-3-2/h2-8,10H,1,9H2;/q+1;-1. The number of imidazole rings is 1. The molecular weight excluding hydrogens is 260 g/mol. The molecule has 2 rings (SSSR count). The summed E-state index contributed by atoms with van der Waals surface area (Å²) < 4.78 is 3.81. The second-order valence-corrected chi connectivity index (χ2v) is 3.73. The van der Waals surface area contributed by atoms with Gasteiger partial charge in [-0.15, -0.1) is 0 Å². The highest BCUT2D eigenvalue weighted by Gasteiger charge is 2.06. The van der Waals surface area contributed by atoms with Crippen molar-refractivity contribution in [1.82, 2.24) is 4.57 Å². The summed E-state index contributed by atoms with van der Waals surface area (Å²) in [6.45, 7) is 4.34. The van der Waals surface area contributed by atoms with Gasteiger partial charge in [0.15, 0.2) is 0 Å². The molecule has 0 aliphatic carbocycles. The van der Waals surface area contributed by atoms with E-state index >= 15 is 0 Å². The molecule has 0 N–H and O–H groups in total. The Morgan fingerprint density at radius 1 is 1.40 bits per heavy atom. The normalized spacial score (nSPS) is 9.00. The highest BCUT2D eigenvalue weighted by Crippen LogP contribution is 2.11. The maximum Gasteiger partial charge on any atom is 0.269 e. The van der Waals surface area contributed by atoms with Crippen molar-refractivity contribution in [3.05, 3.63) is 81.2 Å². The number of nitro benzene ring substituents is 1. The molecule has 0 unspecified atom stereocenters. The molecule has 0 saturated carbocycles. The molecule has 20 heavy (non-hydrogen) atoms. The largest absolute Gasteiger partial charge is 0.373 e. The van der Waals surface area contributed by atoms with Gasteiger partial charge in [0.05, 0.1) is 11.1 Å². The summed E-state index contributed by atoms with van der Waals surface area (Å²) in [7, 11) is 0. The minimum absolute atomic E-state index is 0.113. The smallest absolute Gasteiger partial charge is 0.269 e. The second-order valence-electron chi connectivity index (χ2n) is 3.73. The quantitative estimate of drug-likeness (QED) is 0.213. The SMILES string of the molecule is C=Cn1cc[n+](Cc2ccc([N+](=O)[O-])cc2)c1.[N-]=[N+]=[N-]. The van der Waals surface area contributed by atoms with E-state index < -0.39 is 4.92 Å². The van der Waals surface area contributed by atoms with Gasteiger partial charge >= 0.3 is 0 Å². The van der Waals surface area contributed by atoms with E-state index in [1.807, 2.05) is 27.9 Å². The zero-order chi connectivity index (χ0) is 15.0. The third kappa shape index (κ3) is 4.28. The first-order valence-corrected chi connectivity index (χ1v) is 5.51. The molecule has 8 nitrogen and oxygen atoms in total. The van der Waals surface area contributed by atoms with E-state index in [4.69, 9.17) is 11.1 Å². The molecule has 2 aromatic rings. The van der Waals surface area contributed by atoms with Gasteiger partial charge in [-0.05, 0) is 17.7 Å². The molecule has 0 atom stereocenters. The summed E-state index contributed by atoms with van der Waals surface area (Å²) in [5.41, 5.74) is 14.6. The Kier molecular flexibility index (Phi) is 5.49. The number of hydrogen-bond acceptors (Lipinski definition) is 2. The first-order chi connectivity index (χ1) is 9.60. The van der Waals surface area contributed by atoms with Crippen LogP contribution in [0.15, 0.2) is 49.6 Å².